The number of carbonyl (C=O) groups is 1. The minimum atomic E-state index is -3.58. The summed E-state index contributed by atoms with van der Waals surface area (Å²) < 4.78 is 25.9. The summed E-state index contributed by atoms with van der Waals surface area (Å²) in [5.41, 5.74) is 1.91. The molecular weight excluding hydrogens is 302 g/mol. The Balaban J connectivity index is 2.20. The molecule has 1 heterocycles. The number of nitrogens with zero attached hydrogens (tertiary/aromatic N) is 1. The van der Waals surface area contributed by atoms with Crippen molar-refractivity contribution in [2.75, 3.05) is 7.05 Å². The van der Waals surface area contributed by atoms with Gasteiger partial charge in [-0.15, -0.1) is 0 Å². The monoisotopic (exact) mass is 319 g/mol. The van der Waals surface area contributed by atoms with Crippen LogP contribution in [-0.4, -0.2) is 26.4 Å². The maximum absolute atomic E-state index is 12.3. The zero-order valence-corrected chi connectivity index (χ0v) is 13.1. The molecule has 0 saturated heterocycles. The lowest BCUT2D eigenvalue weighted by Gasteiger charge is -2.10. The van der Waals surface area contributed by atoms with Crippen LogP contribution in [0.25, 0.3) is 0 Å². The molecule has 2 aromatic rings. The molecule has 2 N–H and O–H groups in total. The molecule has 22 heavy (non-hydrogen) atoms. The number of aryl methyl sites for hydroxylation is 1. The van der Waals surface area contributed by atoms with Gasteiger partial charge in [-0.25, -0.2) is 13.1 Å². The van der Waals surface area contributed by atoms with Gasteiger partial charge in [-0.05, 0) is 43.3 Å². The summed E-state index contributed by atoms with van der Waals surface area (Å²) in [6.45, 7) is 2.09. The van der Waals surface area contributed by atoms with Gasteiger partial charge in [0, 0.05) is 24.5 Å². The van der Waals surface area contributed by atoms with Gasteiger partial charge in [0.25, 0.3) is 5.91 Å². The van der Waals surface area contributed by atoms with E-state index in [1.165, 1.54) is 19.2 Å². The van der Waals surface area contributed by atoms with Crippen molar-refractivity contribution in [3.63, 3.8) is 0 Å². The van der Waals surface area contributed by atoms with Crippen molar-refractivity contribution in [3.8, 4) is 0 Å². The maximum atomic E-state index is 12.3. The van der Waals surface area contributed by atoms with Crippen molar-refractivity contribution in [2.24, 2.45) is 0 Å². The molecule has 0 spiro atoms. The SMILES string of the molecule is CNS(=O)(=O)c1ccc(C)c(C(=O)NCc2cccnc2)c1. The summed E-state index contributed by atoms with van der Waals surface area (Å²) in [4.78, 5) is 16.3. The van der Waals surface area contributed by atoms with Crippen LogP contribution in [0.15, 0.2) is 47.6 Å². The predicted molar refractivity (Wildman–Crippen MR) is 82.8 cm³/mol. The number of nitrogens with one attached hydrogen (secondary N) is 2. The largest absolute Gasteiger partial charge is 0.348 e. The quantitative estimate of drug-likeness (QED) is 0.867. The maximum Gasteiger partial charge on any atom is 0.251 e. The zero-order valence-electron chi connectivity index (χ0n) is 12.3. The summed E-state index contributed by atoms with van der Waals surface area (Å²) in [5.74, 6) is -0.325. The third-order valence-electron chi connectivity index (χ3n) is 3.21. The minimum Gasteiger partial charge on any atom is -0.348 e. The van der Waals surface area contributed by atoms with Crippen LogP contribution in [-0.2, 0) is 16.6 Å². The molecule has 0 aliphatic carbocycles. The first-order valence-corrected chi connectivity index (χ1v) is 8.13. The highest BCUT2D eigenvalue weighted by Crippen LogP contribution is 2.15. The minimum absolute atomic E-state index is 0.0622. The van der Waals surface area contributed by atoms with Crippen LogP contribution in [0.3, 0.4) is 0 Å². The fourth-order valence-corrected chi connectivity index (χ4v) is 2.67. The second-order valence-electron chi connectivity index (χ2n) is 4.73. The van der Waals surface area contributed by atoms with E-state index in [9.17, 15) is 13.2 Å². The van der Waals surface area contributed by atoms with Crippen LogP contribution in [0.2, 0.25) is 0 Å². The topological polar surface area (TPSA) is 88.2 Å². The zero-order chi connectivity index (χ0) is 16.2. The van der Waals surface area contributed by atoms with Crippen molar-refractivity contribution in [3.05, 3.63) is 59.4 Å². The molecule has 0 fully saturated rings. The Bertz CT molecular complexity index is 774. The third kappa shape index (κ3) is 3.69. The van der Waals surface area contributed by atoms with Gasteiger partial charge in [0.1, 0.15) is 0 Å². The number of aromatic nitrogens is 1. The van der Waals surface area contributed by atoms with Gasteiger partial charge < -0.3 is 5.32 Å². The summed E-state index contributed by atoms with van der Waals surface area (Å²) in [7, 11) is -2.25. The number of sulfonamides is 1. The highest BCUT2D eigenvalue weighted by Gasteiger charge is 2.16. The molecule has 0 atom stereocenters. The fourth-order valence-electron chi connectivity index (χ4n) is 1.91. The number of benzene rings is 1. The molecule has 0 aliphatic heterocycles. The van der Waals surface area contributed by atoms with Crippen LogP contribution in [0.1, 0.15) is 21.5 Å². The van der Waals surface area contributed by atoms with Crippen LogP contribution >= 0.6 is 0 Å². The van der Waals surface area contributed by atoms with Crippen molar-refractivity contribution < 1.29 is 13.2 Å². The van der Waals surface area contributed by atoms with E-state index in [0.717, 1.165) is 5.56 Å². The van der Waals surface area contributed by atoms with Crippen molar-refractivity contribution >= 4 is 15.9 Å². The number of hydrogen-bond acceptors (Lipinski definition) is 4. The molecule has 116 valence electrons. The lowest BCUT2D eigenvalue weighted by Crippen LogP contribution is -2.25. The van der Waals surface area contributed by atoms with E-state index in [0.29, 0.717) is 17.7 Å². The van der Waals surface area contributed by atoms with Gasteiger partial charge in [0.05, 0.1) is 4.90 Å². The third-order valence-corrected chi connectivity index (χ3v) is 4.62. The van der Waals surface area contributed by atoms with Gasteiger partial charge in [-0.1, -0.05) is 12.1 Å². The fraction of sp³-hybridized carbons (Fsp3) is 0.200. The normalized spacial score (nSPS) is 11.2. The number of amides is 1. The van der Waals surface area contributed by atoms with Crippen molar-refractivity contribution in [2.45, 2.75) is 18.4 Å². The first kappa shape index (κ1) is 16.1. The molecule has 2 rings (SSSR count). The first-order chi connectivity index (χ1) is 10.4. The van der Waals surface area contributed by atoms with E-state index in [-0.39, 0.29) is 10.8 Å². The number of pyridine rings is 1. The van der Waals surface area contributed by atoms with Gasteiger partial charge in [-0.3, -0.25) is 9.78 Å². The average Bonchev–Trinajstić information content (AvgIpc) is 2.53. The van der Waals surface area contributed by atoms with E-state index >= 15 is 0 Å². The molecule has 0 aliphatic rings. The van der Waals surface area contributed by atoms with Crippen molar-refractivity contribution in [1.29, 1.82) is 0 Å². The van der Waals surface area contributed by atoms with E-state index < -0.39 is 10.0 Å². The van der Waals surface area contributed by atoms with Crippen LogP contribution in [0.5, 0.6) is 0 Å². The van der Waals surface area contributed by atoms with Gasteiger partial charge in [0.2, 0.25) is 10.0 Å². The molecule has 1 aromatic carbocycles. The lowest BCUT2D eigenvalue weighted by molar-refractivity contribution is 0.0950. The van der Waals surface area contributed by atoms with Gasteiger partial charge in [0.15, 0.2) is 0 Å². The molecule has 6 nitrogen and oxygen atoms in total. The Morgan fingerprint density at radius 1 is 1.27 bits per heavy atom. The molecule has 1 aromatic heterocycles. The van der Waals surface area contributed by atoms with Gasteiger partial charge >= 0.3 is 0 Å². The number of hydrogen-bond donors (Lipinski definition) is 2. The highest BCUT2D eigenvalue weighted by atomic mass is 32.2. The molecule has 0 radical (unpaired) electrons. The Labute approximate surface area is 129 Å². The van der Waals surface area contributed by atoms with Crippen LogP contribution < -0.4 is 10.0 Å². The Morgan fingerprint density at radius 3 is 2.68 bits per heavy atom. The summed E-state index contributed by atoms with van der Waals surface area (Å²) in [6.07, 6.45) is 3.32. The lowest BCUT2D eigenvalue weighted by atomic mass is 10.1. The average molecular weight is 319 g/mol. The Kier molecular flexibility index (Phi) is 4.89. The van der Waals surface area contributed by atoms with Crippen LogP contribution in [0.4, 0.5) is 0 Å². The van der Waals surface area contributed by atoms with E-state index in [1.54, 1.807) is 31.5 Å². The van der Waals surface area contributed by atoms with E-state index in [2.05, 4.69) is 15.0 Å². The number of carbonyl (C=O) groups excluding carboxylic acids is 1. The number of rotatable bonds is 5. The highest BCUT2D eigenvalue weighted by molar-refractivity contribution is 7.89. The Hall–Kier alpha value is -2.25. The first-order valence-electron chi connectivity index (χ1n) is 6.65. The smallest absolute Gasteiger partial charge is 0.251 e. The molecular formula is C15H17N3O3S. The van der Waals surface area contributed by atoms with Crippen LogP contribution in [0, 0.1) is 6.92 Å². The second-order valence-corrected chi connectivity index (χ2v) is 6.61. The van der Waals surface area contributed by atoms with E-state index in [1.807, 2.05) is 6.07 Å². The standard InChI is InChI=1S/C15H17N3O3S/c1-11-5-6-13(22(20,21)16-2)8-14(11)15(19)18-10-12-4-3-7-17-9-12/h3-9,16H,10H2,1-2H3,(H,18,19). The molecule has 1 amide bonds. The molecule has 0 saturated carbocycles. The van der Waals surface area contributed by atoms with E-state index in [4.69, 9.17) is 0 Å². The summed E-state index contributed by atoms with van der Waals surface area (Å²) in [6, 6.07) is 8.09. The second kappa shape index (κ2) is 6.67. The Morgan fingerprint density at radius 2 is 2.05 bits per heavy atom. The summed E-state index contributed by atoms with van der Waals surface area (Å²) >= 11 is 0. The molecule has 0 unspecified atom stereocenters. The molecule has 7 heteroatoms. The molecule has 0 bridgehead atoms. The predicted octanol–water partition coefficient (Wildman–Crippen LogP) is 1.23. The van der Waals surface area contributed by atoms with Gasteiger partial charge in [-0.2, -0.15) is 0 Å². The van der Waals surface area contributed by atoms with Crippen molar-refractivity contribution in [1.82, 2.24) is 15.0 Å². The summed E-state index contributed by atoms with van der Waals surface area (Å²) in [5, 5.41) is 2.76.